The van der Waals surface area contributed by atoms with Gasteiger partial charge in [-0.05, 0) is 43.2 Å². The van der Waals surface area contributed by atoms with Crippen LogP contribution in [0.15, 0.2) is 18.3 Å². The van der Waals surface area contributed by atoms with Crippen molar-refractivity contribution in [2.75, 3.05) is 18.0 Å². The Bertz CT molecular complexity index is 479. The van der Waals surface area contributed by atoms with Gasteiger partial charge in [0.05, 0.1) is 5.56 Å². The molecule has 3 rings (SSSR count). The zero-order valence-electron chi connectivity index (χ0n) is 10.4. The third kappa shape index (κ3) is 1.95. The standard InChI is InChI=1S/C14H18N4/c15-7-10-2-1-5-17-14(10)18-8-11-3-4-13(16)6-12(11)9-18/h1-2,5,11-13H,3-4,6,8-9,16H2/t11-,12+,13?/m1/s1. The van der Waals surface area contributed by atoms with Gasteiger partial charge in [-0.3, -0.25) is 0 Å². The van der Waals surface area contributed by atoms with Gasteiger partial charge in [0.2, 0.25) is 0 Å². The molecule has 3 atom stereocenters. The van der Waals surface area contributed by atoms with Crippen molar-refractivity contribution in [3.05, 3.63) is 23.9 Å². The number of aromatic nitrogens is 1. The molecule has 0 bridgehead atoms. The van der Waals surface area contributed by atoms with Crippen molar-refractivity contribution in [1.82, 2.24) is 4.98 Å². The lowest BCUT2D eigenvalue weighted by atomic mass is 9.79. The maximum atomic E-state index is 9.14. The summed E-state index contributed by atoms with van der Waals surface area (Å²) in [6, 6.07) is 6.26. The molecule has 94 valence electrons. The second-order valence-corrected chi connectivity index (χ2v) is 5.48. The van der Waals surface area contributed by atoms with E-state index in [1.54, 1.807) is 6.20 Å². The first kappa shape index (κ1) is 11.5. The highest BCUT2D eigenvalue weighted by molar-refractivity contribution is 5.54. The van der Waals surface area contributed by atoms with E-state index >= 15 is 0 Å². The van der Waals surface area contributed by atoms with E-state index in [9.17, 15) is 0 Å². The number of hydrogen-bond acceptors (Lipinski definition) is 4. The van der Waals surface area contributed by atoms with Crippen LogP contribution >= 0.6 is 0 Å². The van der Waals surface area contributed by atoms with Crippen molar-refractivity contribution in [3.63, 3.8) is 0 Å². The Labute approximate surface area is 107 Å². The predicted molar refractivity (Wildman–Crippen MR) is 70.0 cm³/mol. The van der Waals surface area contributed by atoms with Crippen molar-refractivity contribution in [3.8, 4) is 6.07 Å². The topological polar surface area (TPSA) is 65.9 Å². The lowest BCUT2D eigenvalue weighted by Gasteiger charge is -2.27. The number of anilines is 1. The quantitative estimate of drug-likeness (QED) is 0.810. The van der Waals surface area contributed by atoms with E-state index in [1.165, 1.54) is 6.42 Å². The molecule has 1 saturated carbocycles. The van der Waals surface area contributed by atoms with Gasteiger partial charge >= 0.3 is 0 Å². The van der Waals surface area contributed by atoms with Gasteiger partial charge in [-0.15, -0.1) is 0 Å². The highest BCUT2D eigenvalue weighted by Gasteiger charge is 2.37. The molecule has 4 heteroatoms. The minimum Gasteiger partial charge on any atom is -0.355 e. The van der Waals surface area contributed by atoms with Crippen LogP contribution in [-0.2, 0) is 0 Å². The van der Waals surface area contributed by atoms with Crippen LogP contribution in [0.5, 0.6) is 0 Å². The Morgan fingerprint density at radius 3 is 3.00 bits per heavy atom. The summed E-state index contributed by atoms with van der Waals surface area (Å²) in [5.41, 5.74) is 6.73. The zero-order valence-corrected chi connectivity index (χ0v) is 10.4. The highest BCUT2D eigenvalue weighted by atomic mass is 15.2. The Hall–Kier alpha value is -1.60. The second kappa shape index (κ2) is 4.58. The second-order valence-electron chi connectivity index (χ2n) is 5.48. The molecular weight excluding hydrogens is 224 g/mol. The van der Waals surface area contributed by atoms with Gasteiger partial charge in [0.25, 0.3) is 0 Å². The average Bonchev–Trinajstić information content (AvgIpc) is 2.81. The summed E-state index contributed by atoms with van der Waals surface area (Å²) in [7, 11) is 0. The third-order valence-corrected chi connectivity index (χ3v) is 4.30. The Kier molecular flexibility index (Phi) is 2.92. The minimum atomic E-state index is 0.366. The van der Waals surface area contributed by atoms with Crippen molar-refractivity contribution in [2.45, 2.75) is 25.3 Å². The molecule has 2 N–H and O–H groups in total. The molecule has 1 unspecified atom stereocenters. The fourth-order valence-electron chi connectivity index (χ4n) is 3.38. The van der Waals surface area contributed by atoms with Gasteiger partial charge in [0, 0.05) is 25.3 Å². The maximum Gasteiger partial charge on any atom is 0.146 e. The smallest absolute Gasteiger partial charge is 0.146 e. The summed E-state index contributed by atoms with van der Waals surface area (Å²) in [5.74, 6) is 2.27. The van der Waals surface area contributed by atoms with Crippen LogP contribution in [0.1, 0.15) is 24.8 Å². The van der Waals surface area contributed by atoms with Gasteiger partial charge in [-0.2, -0.15) is 5.26 Å². The average molecular weight is 242 g/mol. The zero-order chi connectivity index (χ0) is 12.5. The van der Waals surface area contributed by atoms with Crippen LogP contribution in [0, 0.1) is 23.2 Å². The van der Waals surface area contributed by atoms with Gasteiger partial charge in [-0.1, -0.05) is 0 Å². The van der Waals surface area contributed by atoms with E-state index < -0.39 is 0 Å². The van der Waals surface area contributed by atoms with Gasteiger partial charge in [0.1, 0.15) is 11.9 Å². The summed E-state index contributed by atoms with van der Waals surface area (Å²) >= 11 is 0. The van der Waals surface area contributed by atoms with E-state index in [1.807, 2.05) is 12.1 Å². The van der Waals surface area contributed by atoms with Crippen LogP contribution in [-0.4, -0.2) is 24.1 Å². The van der Waals surface area contributed by atoms with Crippen LogP contribution in [0.25, 0.3) is 0 Å². The van der Waals surface area contributed by atoms with Gasteiger partial charge in [-0.25, -0.2) is 4.98 Å². The minimum absolute atomic E-state index is 0.366. The number of pyridine rings is 1. The number of nitrogens with zero attached hydrogens (tertiary/aromatic N) is 3. The molecule has 4 nitrogen and oxygen atoms in total. The number of fused-ring (bicyclic) bond motifs is 1. The predicted octanol–water partition coefficient (Wildman–Crippen LogP) is 1.52. The molecule has 0 aromatic carbocycles. The summed E-state index contributed by atoms with van der Waals surface area (Å²) in [6.07, 6.45) is 5.25. The fraction of sp³-hybridized carbons (Fsp3) is 0.571. The molecule has 1 aromatic heterocycles. The first-order valence-corrected chi connectivity index (χ1v) is 6.63. The van der Waals surface area contributed by atoms with Crippen LogP contribution in [0.2, 0.25) is 0 Å². The molecule has 1 aromatic rings. The highest BCUT2D eigenvalue weighted by Crippen LogP contribution is 2.37. The molecule has 0 amide bonds. The summed E-state index contributed by atoms with van der Waals surface area (Å²) in [4.78, 5) is 6.65. The summed E-state index contributed by atoms with van der Waals surface area (Å²) in [5, 5.41) is 9.14. The number of hydrogen-bond donors (Lipinski definition) is 1. The van der Waals surface area contributed by atoms with E-state index in [-0.39, 0.29) is 0 Å². The summed E-state index contributed by atoms with van der Waals surface area (Å²) in [6.45, 7) is 2.03. The van der Waals surface area contributed by atoms with Crippen LogP contribution in [0.4, 0.5) is 5.82 Å². The molecule has 0 radical (unpaired) electrons. The first-order chi connectivity index (χ1) is 8.78. The van der Waals surface area contributed by atoms with E-state index in [0.717, 1.165) is 37.7 Å². The number of nitrogens with two attached hydrogens (primary N) is 1. The van der Waals surface area contributed by atoms with E-state index in [2.05, 4.69) is 16.0 Å². The van der Waals surface area contributed by atoms with Crippen LogP contribution < -0.4 is 10.6 Å². The summed E-state index contributed by atoms with van der Waals surface area (Å²) < 4.78 is 0. The molecule has 1 saturated heterocycles. The van der Waals surface area contributed by atoms with Crippen molar-refractivity contribution >= 4 is 5.82 Å². The molecule has 1 aliphatic heterocycles. The number of nitriles is 1. The van der Waals surface area contributed by atoms with E-state index in [4.69, 9.17) is 11.0 Å². The molecular formula is C14H18N4. The normalized spacial score (nSPS) is 30.9. The lowest BCUT2D eigenvalue weighted by Crippen LogP contribution is -2.32. The molecule has 0 spiro atoms. The third-order valence-electron chi connectivity index (χ3n) is 4.30. The Morgan fingerprint density at radius 1 is 1.33 bits per heavy atom. The molecule has 1 aliphatic carbocycles. The molecule has 2 fully saturated rings. The van der Waals surface area contributed by atoms with Crippen molar-refractivity contribution < 1.29 is 0 Å². The molecule has 2 aliphatic rings. The lowest BCUT2D eigenvalue weighted by molar-refractivity contribution is 0.271. The van der Waals surface area contributed by atoms with Crippen molar-refractivity contribution in [1.29, 1.82) is 5.26 Å². The van der Waals surface area contributed by atoms with Gasteiger partial charge in [0.15, 0.2) is 0 Å². The first-order valence-electron chi connectivity index (χ1n) is 6.63. The number of rotatable bonds is 1. The maximum absolute atomic E-state index is 9.14. The largest absolute Gasteiger partial charge is 0.355 e. The molecule has 18 heavy (non-hydrogen) atoms. The Balaban J connectivity index is 1.81. The van der Waals surface area contributed by atoms with Gasteiger partial charge < -0.3 is 10.6 Å². The van der Waals surface area contributed by atoms with E-state index in [0.29, 0.717) is 17.5 Å². The fourth-order valence-corrected chi connectivity index (χ4v) is 3.38. The van der Waals surface area contributed by atoms with Crippen LogP contribution in [0.3, 0.4) is 0 Å². The Morgan fingerprint density at radius 2 is 2.17 bits per heavy atom. The molecule has 2 heterocycles. The monoisotopic (exact) mass is 242 g/mol. The SMILES string of the molecule is N#Cc1cccnc1N1C[C@H]2CCC(N)C[C@H]2C1. The van der Waals surface area contributed by atoms with Crippen molar-refractivity contribution in [2.24, 2.45) is 17.6 Å².